The molecule has 0 aliphatic rings. The summed E-state index contributed by atoms with van der Waals surface area (Å²) >= 11 is 0. The van der Waals surface area contributed by atoms with Gasteiger partial charge in [-0.05, 0) is 19.1 Å². The standard InChI is InChI=1S/C13H11N3O2/c1-2-18-13(17)16-11-6-5-9-4-3-7-15-12(9)10(11)8-14/h3-7H,2H2,1H3,(H,16,17). The van der Waals surface area contributed by atoms with Gasteiger partial charge in [0.1, 0.15) is 11.6 Å². The molecule has 18 heavy (non-hydrogen) atoms. The van der Waals surface area contributed by atoms with Crippen LogP contribution in [0.1, 0.15) is 12.5 Å². The maximum Gasteiger partial charge on any atom is 0.411 e. The Morgan fingerprint density at radius 2 is 2.33 bits per heavy atom. The number of nitrogens with one attached hydrogen (secondary N) is 1. The summed E-state index contributed by atoms with van der Waals surface area (Å²) in [5.41, 5.74) is 1.30. The van der Waals surface area contributed by atoms with Crippen molar-refractivity contribution in [2.45, 2.75) is 6.92 Å². The fourth-order valence-electron chi connectivity index (χ4n) is 1.64. The van der Waals surface area contributed by atoms with Crippen LogP contribution in [0.4, 0.5) is 10.5 Å². The van der Waals surface area contributed by atoms with E-state index in [2.05, 4.69) is 16.4 Å². The fourth-order valence-corrected chi connectivity index (χ4v) is 1.64. The second-order valence-electron chi connectivity index (χ2n) is 3.52. The number of aromatic nitrogens is 1. The maximum absolute atomic E-state index is 11.4. The van der Waals surface area contributed by atoms with Gasteiger partial charge < -0.3 is 4.74 Å². The lowest BCUT2D eigenvalue weighted by atomic mass is 10.1. The van der Waals surface area contributed by atoms with E-state index in [-0.39, 0.29) is 6.61 Å². The number of fused-ring (bicyclic) bond motifs is 1. The molecular weight excluding hydrogens is 230 g/mol. The van der Waals surface area contributed by atoms with Crippen LogP contribution in [0.2, 0.25) is 0 Å². The summed E-state index contributed by atoms with van der Waals surface area (Å²) in [6.45, 7) is 1.99. The summed E-state index contributed by atoms with van der Waals surface area (Å²) in [6.07, 6.45) is 1.03. The van der Waals surface area contributed by atoms with Gasteiger partial charge in [0, 0.05) is 11.6 Å². The SMILES string of the molecule is CCOC(=O)Nc1ccc2cccnc2c1C#N. The molecule has 0 saturated heterocycles. The third-order valence-electron chi connectivity index (χ3n) is 2.40. The van der Waals surface area contributed by atoms with Gasteiger partial charge in [0.05, 0.1) is 17.8 Å². The molecule has 1 heterocycles. The molecule has 0 aliphatic heterocycles. The summed E-state index contributed by atoms with van der Waals surface area (Å²) in [4.78, 5) is 15.5. The molecule has 2 rings (SSSR count). The third-order valence-corrected chi connectivity index (χ3v) is 2.40. The number of hydrogen-bond donors (Lipinski definition) is 1. The van der Waals surface area contributed by atoms with Gasteiger partial charge in [-0.3, -0.25) is 10.3 Å². The number of ether oxygens (including phenoxy) is 1. The minimum absolute atomic E-state index is 0.277. The normalized spacial score (nSPS) is 9.78. The highest BCUT2D eigenvalue weighted by atomic mass is 16.5. The average molecular weight is 241 g/mol. The van der Waals surface area contributed by atoms with Crippen LogP contribution in [0.3, 0.4) is 0 Å². The number of benzene rings is 1. The van der Waals surface area contributed by atoms with E-state index in [1.807, 2.05) is 6.07 Å². The lowest BCUT2D eigenvalue weighted by Gasteiger charge is -2.08. The summed E-state index contributed by atoms with van der Waals surface area (Å²) in [6, 6.07) is 9.17. The Bertz CT molecular complexity index is 632. The zero-order valence-corrected chi connectivity index (χ0v) is 9.80. The van der Waals surface area contributed by atoms with E-state index in [1.165, 1.54) is 0 Å². The number of nitrogens with zero attached hydrogens (tertiary/aromatic N) is 2. The van der Waals surface area contributed by atoms with E-state index < -0.39 is 6.09 Å². The predicted octanol–water partition coefficient (Wildman–Crippen LogP) is 2.67. The quantitative estimate of drug-likeness (QED) is 0.877. The highest BCUT2D eigenvalue weighted by Crippen LogP contribution is 2.23. The van der Waals surface area contributed by atoms with Crippen LogP contribution in [0, 0.1) is 11.3 Å². The molecule has 1 N–H and O–H groups in total. The fraction of sp³-hybridized carbons (Fsp3) is 0.154. The lowest BCUT2D eigenvalue weighted by molar-refractivity contribution is 0.168. The van der Waals surface area contributed by atoms with Gasteiger partial charge in [-0.25, -0.2) is 4.79 Å². The van der Waals surface area contributed by atoms with Gasteiger partial charge >= 0.3 is 6.09 Å². The average Bonchev–Trinajstić information content (AvgIpc) is 2.38. The Morgan fingerprint density at radius 3 is 3.06 bits per heavy atom. The number of nitriles is 1. The highest BCUT2D eigenvalue weighted by Gasteiger charge is 2.11. The number of anilines is 1. The monoisotopic (exact) mass is 241 g/mol. The lowest BCUT2D eigenvalue weighted by Crippen LogP contribution is -2.14. The number of rotatable bonds is 2. The highest BCUT2D eigenvalue weighted by molar-refractivity contribution is 5.94. The van der Waals surface area contributed by atoms with E-state index in [4.69, 9.17) is 4.74 Å². The number of pyridine rings is 1. The minimum Gasteiger partial charge on any atom is -0.450 e. The molecule has 1 aromatic carbocycles. The number of amides is 1. The molecule has 1 amide bonds. The van der Waals surface area contributed by atoms with Crippen molar-refractivity contribution in [3.8, 4) is 6.07 Å². The Hall–Kier alpha value is -2.61. The largest absolute Gasteiger partial charge is 0.450 e. The van der Waals surface area contributed by atoms with Crippen LogP contribution in [-0.2, 0) is 4.74 Å². The topological polar surface area (TPSA) is 75.0 Å². The Labute approximate surface area is 104 Å². The van der Waals surface area contributed by atoms with Crippen molar-refractivity contribution in [3.05, 3.63) is 36.0 Å². The van der Waals surface area contributed by atoms with Crippen molar-refractivity contribution in [1.29, 1.82) is 5.26 Å². The van der Waals surface area contributed by atoms with Crippen LogP contribution in [0.25, 0.3) is 10.9 Å². The molecule has 0 atom stereocenters. The van der Waals surface area contributed by atoms with Crippen molar-refractivity contribution in [1.82, 2.24) is 4.98 Å². The van der Waals surface area contributed by atoms with E-state index in [1.54, 1.807) is 31.3 Å². The Balaban J connectivity index is 2.46. The Morgan fingerprint density at radius 1 is 1.50 bits per heavy atom. The zero-order chi connectivity index (χ0) is 13.0. The molecule has 0 saturated carbocycles. The molecule has 5 heteroatoms. The number of carbonyl (C=O) groups excluding carboxylic acids is 1. The molecule has 0 spiro atoms. The number of carbonyl (C=O) groups is 1. The molecule has 5 nitrogen and oxygen atoms in total. The van der Waals surface area contributed by atoms with Gasteiger partial charge in [-0.15, -0.1) is 0 Å². The van der Waals surface area contributed by atoms with Crippen LogP contribution in [-0.4, -0.2) is 17.7 Å². The molecule has 1 aromatic heterocycles. The zero-order valence-electron chi connectivity index (χ0n) is 9.80. The molecule has 90 valence electrons. The molecule has 0 aliphatic carbocycles. The van der Waals surface area contributed by atoms with Crippen molar-refractivity contribution in [3.63, 3.8) is 0 Å². The molecule has 0 radical (unpaired) electrons. The predicted molar refractivity (Wildman–Crippen MR) is 67.1 cm³/mol. The van der Waals surface area contributed by atoms with E-state index in [0.717, 1.165) is 5.39 Å². The van der Waals surface area contributed by atoms with Crippen LogP contribution in [0.15, 0.2) is 30.5 Å². The summed E-state index contributed by atoms with van der Waals surface area (Å²) < 4.78 is 4.78. The first-order chi connectivity index (χ1) is 8.76. The molecule has 0 unspecified atom stereocenters. The summed E-state index contributed by atoms with van der Waals surface area (Å²) in [7, 11) is 0. The van der Waals surface area contributed by atoms with Gasteiger partial charge in [-0.1, -0.05) is 12.1 Å². The second-order valence-corrected chi connectivity index (χ2v) is 3.52. The van der Waals surface area contributed by atoms with E-state index in [0.29, 0.717) is 16.8 Å². The van der Waals surface area contributed by atoms with Gasteiger partial charge in [0.15, 0.2) is 0 Å². The van der Waals surface area contributed by atoms with Crippen molar-refractivity contribution in [2.75, 3.05) is 11.9 Å². The van der Waals surface area contributed by atoms with Crippen LogP contribution in [0.5, 0.6) is 0 Å². The smallest absolute Gasteiger partial charge is 0.411 e. The van der Waals surface area contributed by atoms with Crippen LogP contribution < -0.4 is 5.32 Å². The van der Waals surface area contributed by atoms with Crippen molar-refractivity contribution in [2.24, 2.45) is 0 Å². The maximum atomic E-state index is 11.4. The van der Waals surface area contributed by atoms with Crippen LogP contribution >= 0.6 is 0 Å². The first kappa shape index (κ1) is 11.9. The molecule has 2 aromatic rings. The number of hydrogen-bond acceptors (Lipinski definition) is 4. The Kier molecular flexibility index (Phi) is 3.39. The molecule has 0 bridgehead atoms. The first-order valence-electron chi connectivity index (χ1n) is 5.48. The van der Waals surface area contributed by atoms with Crippen molar-refractivity contribution >= 4 is 22.7 Å². The van der Waals surface area contributed by atoms with E-state index >= 15 is 0 Å². The second kappa shape index (κ2) is 5.15. The molecule has 0 fully saturated rings. The third kappa shape index (κ3) is 2.23. The van der Waals surface area contributed by atoms with Gasteiger partial charge in [0.2, 0.25) is 0 Å². The summed E-state index contributed by atoms with van der Waals surface area (Å²) in [5.74, 6) is 0. The van der Waals surface area contributed by atoms with Gasteiger partial charge in [-0.2, -0.15) is 5.26 Å². The molecular formula is C13H11N3O2. The van der Waals surface area contributed by atoms with Crippen molar-refractivity contribution < 1.29 is 9.53 Å². The van der Waals surface area contributed by atoms with E-state index in [9.17, 15) is 10.1 Å². The first-order valence-corrected chi connectivity index (χ1v) is 5.48. The van der Waals surface area contributed by atoms with Gasteiger partial charge in [0.25, 0.3) is 0 Å². The summed E-state index contributed by atoms with van der Waals surface area (Å²) in [5, 5.41) is 12.6. The minimum atomic E-state index is -0.579.